The third-order valence-corrected chi connectivity index (χ3v) is 2.75. The Morgan fingerprint density at radius 3 is 2.41 bits per heavy atom. The number of hydrogen-bond acceptors (Lipinski definition) is 4. The summed E-state index contributed by atoms with van der Waals surface area (Å²) in [5.41, 5.74) is 3.80. The molecule has 0 radical (unpaired) electrons. The molecule has 17 heavy (non-hydrogen) atoms. The van der Waals surface area contributed by atoms with Crippen molar-refractivity contribution in [1.82, 2.24) is 4.90 Å². The van der Waals surface area contributed by atoms with E-state index in [0.717, 1.165) is 0 Å². The Kier molecular flexibility index (Phi) is 3.38. The second kappa shape index (κ2) is 4.18. The maximum Gasteiger partial charge on any atom is 0.411 e. The lowest BCUT2D eigenvalue weighted by Gasteiger charge is -2.32. The first-order valence-corrected chi connectivity index (χ1v) is 5.56. The molecule has 1 fully saturated rings. The third kappa shape index (κ3) is 2.88. The van der Waals surface area contributed by atoms with E-state index < -0.39 is 23.2 Å². The molecule has 1 aliphatic heterocycles. The number of nitrogens with zero attached hydrogens (tertiary/aromatic N) is 1. The molecule has 6 nitrogen and oxygen atoms in total. The van der Waals surface area contributed by atoms with E-state index in [2.05, 4.69) is 0 Å². The van der Waals surface area contributed by atoms with Crippen LogP contribution >= 0.6 is 0 Å². The van der Waals surface area contributed by atoms with Crippen molar-refractivity contribution in [3.63, 3.8) is 0 Å². The van der Waals surface area contributed by atoms with Gasteiger partial charge in [0.2, 0.25) is 0 Å². The number of rotatable bonds is 1. The topological polar surface area (TPSA) is 92.9 Å². The molecule has 1 heterocycles. The van der Waals surface area contributed by atoms with Crippen LogP contribution in [0.1, 0.15) is 34.1 Å². The van der Waals surface area contributed by atoms with E-state index in [1.807, 2.05) is 0 Å². The van der Waals surface area contributed by atoms with E-state index in [0.29, 0.717) is 0 Å². The zero-order valence-corrected chi connectivity index (χ0v) is 10.7. The molecule has 6 heteroatoms. The number of amides is 1. The minimum absolute atomic E-state index is 0.206. The molecule has 0 aromatic heterocycles. The fraction of sp³-hybridized carbons (Fsp3) is 0.818. The van der Waals surface area contributed by atoms with E-state index in [1.165, 1.54) is 11.8 Å². The average Bonchev–Trinajstić information content (AvgIpc) is 2.40. The standard InChI is InChI=1S/C11H20N2O4/c1-10(2,3)17-9(16)13-6-7(12)5-11(13,4)8(14)15/h7H,5-6,12H2,1-4H3,(H,14,15)/t7-,11-/m0/s1. The second-order valence-electron chi connectivity index (χ2n) is 5.63. The van der Waals surface area contributed by atoms with Crippen LogP contribution in [-0.2, 0) is 9.53 Å². The molecule has 2 atom stereocenters. The molecule has 0 spiro atoms. The van der Waals surface area contributed by atoms with Crippen LogP contribution < -0.4 is 5.73 Å². The monoisotopic (exact) mass is 244 g/mol. The number of hydrogen-bond donors (Lipinski definition) is 2. The van der Waals surface area contributed by atoms with Gasteiger partial charge in [-0.25, -0.2) is 9.59 Å². The van der Waals surface area contributed by atoms with Gasteiger partial charge in [-0.3, -0.25) is 4.90 Å². The number of carbonyl (C=O) groups excluding carboxylic acids is 1. The summed E-state index contributed by atoms with van der Waals surface area (Å²) < 4.78 is 5.18. The molecule has 1 rings (SSSR count). The average molecular weight is 244 g/mol. The summed E-state index contributed by atoms with van der Waals surface area (Å²) >= 11 is 0. The highest BCUT2D eigenvalue weighted by Gasteiger charge is 2.50. The Morgan fingerprint density at radius 1 is 1.47 bits per heavy atom. The quantitative estimate of drug-likeness (QED) is 0.711. The Balaban J connectivity index is 2.88. The van der Waals surface area contributed by atoms with Gasteiger partial charge in [0, 0.05) is 12.6 Å². The predicted molar refractivity (Wildman–Crippen MR) is 61.6 cm³/mol. The Bertz CT molecular complexity index is 337. The summed E-state index contributed by atoms with van der Waals surface area (Å²) in [6.07, 6.45) is -0.392. The molecule has 0 bridgehead atoms. The number of carbonyl (C=O) groups is 2. The summed E-state index contributed by atoms with van der Waals surface area (Å²) in [5, 5.41) is 9.20. The maximum atomic E-state index is 11.9. The zero-order chi connectivity index (χ0) is 13.4. The van der Waals surface area contributed by atoms with Crippen LogP contribution in [0.5, 0.6) is 0 Å². The third-order valence-electron chi connectivity index (χ3n) is 2.75. The van der Waals surface area contributed by atoms with Gasteiger partial charge in [0.25, 0.3) is 0 Å². The highest BCUT2D eigenvalue weighted by atomic mass is 16.6. The molecule has 0 aromatic rings. The zero-order valence-electron chi connectivity index (χ0n) is 10.7. The fourth-order valence-corrected chi connectivity index (χ4v) is 1.92. The number of nitrogens with two attached hydrogens (primary N) is 1. The summed E-state index contributed by atoms with van der Waals surface area (Å²) in [4.78, 5) is 24.4. The molecule has 0 aliphatic carbocycles. The predicted octanol–water partition coefficient (Wildman–Crippen LogP) is 0.798. The minimum atomic E-state index is -1.28. The molecule has 1 saturated heterocycles. The summed E-state index contributed by atoms with van der Waals surface area (Å²) in [5.74, 6) is -1.06. The van der Waals surface area contributed by atoms with Crippen LogP contribution in [0.3, 0.4) is 0 Å². The minimum Gasteiger partial charge on any atom is -0.480 e. The molecule has 98 valence electrons. The van der Waals surface area contributed by atoms with Crippen molar-refractivity contribution in [2.24, 2.45) is 5.73 Å². The number of carboxylic acids is 1. The normalized spacial score (nSPS) is 29.2. The van der Waals surface area contributed by atoms with Gasteiger partial charge in [-0.15, -0.1) is 0 Å². The number of carboxylic acid groups (broad SMARTS) is 1. The lowest BCUT2D eigenvalue weighted by molar-refractivity contribution is -0.148. The lowest BCUT2D eigenvalue weighted by Crippen LogP contribution is -2.52. The molecular formula is C11H20N2O4. The van der Waals surface area contributed by atoms with Crippen molar-refractivity contribution in [1.29, 1.82) is 0 Å². The van der Waals surface area contributed by atoms with Crippen molar-refractivity contribution in [2.45, 2.75) is 51.3 Å². The van der Waals surface area contributed by atoms with Crippen LogP contribution in [0.15, 0.2) is 0 Å². The first-order chi connectivity index (χ1) is 7.56. The summed E-state index contributed by atoms with van der Waals surface area (Å²) in [6, 6.07) is -0.330. The van der Waals surface area contributed by atoms with Crippen LogP contribution in [0.2, 0.25) is 0 Å². The number of likely N-dealkylation sites (tertiary alicyclic amines) is 1. The van der Waals surface area contributed by atoms with Crippen molar-refractivity contribution in [2.75, 3.05) is 6.54 Å². The number of ether oxygens (including phenoxy) is 1. The van der Waals surface area contributed by atoms with E-state index >= 15 is 0 Å². The molecule has 0 unspecified atom stereocenters. The highest BCUT2D eigenvalue weighted by Crippen LogP contribution is 2.30. The molecule has 3 N–H and O–H groups in total. The molecule has 1 amide bonds. The second-order valence-corrected chi connectivity index (χ2v) is 5.63. The van der Waals surface area contributed by atoms with Crippen molar-refractivity contribution < 1.29 is 19.4 Å². The van der Waals surface area contributed by atoms with Gasteiger partial charge in [-0.2, -0.15) is 0 Å². The summed E-state index contributed by atoms with van der Waals surface area (Å²) in [7, 11) is 0. The van der Waals surface area contributed by atoms with Gasteiger partial charge >= 0.3 is 12.1 Å². The van der Waals surface area contributed by atoms with Gasteiger partial charge in [0.1, 0.15) is 11.1 Å². The SMILES string of the molecule is CC(C)(C)OC(=O)N1C[C@@H](N)C[C@@]1(C)C(=O)O. The van der Waals surface area contributed by atoms with Crippen LogP contribution in [0.25, 0.3) is 0 Å². The molecule has 1 aliphatic rings. The van der Waals surface area contributed by atoms with Crippen molar-refractivity contribution in [3.05, 3.63) is 0 Å². The first kappa shape index (κ1) is 13.8. The fourth-order valence-electron chi connectivity index (χ4n) is 1.92. The molecule has 0 aromatic carbocycles. The van der Waals surface area contributed by atoms with Gasteiger partial charge in [-0.05, 0) is 34.1 Å². The van der Waals surface area contributed by atoms with Crippen LogP contribution in [0, 0.1) is 0 Å². The van der Waals surface area contributed by atoms with Crippen LogP contribution in [-0.4, -0.2) is 45.8 Å². The highest BCUT2D eigenvalue weighted by molar-refractivity contribution is 5.85. The van der Waals surface area contributed by atoms with Gasteiger partial charge in [0.05, 0.1) is 0 Å². The van der Waals surface area contributed by atoms with E-state index in [-0.39, 0.29) is 19.0 Å². The maximum absolute atomic E-state index is 11.9. The van der Waals surface area contributed by atoms with E-state index in [4.69, 9.17) is 10.5 Å². The molecule has 0 saturated carbocycles. The smallest absolute Gasteiger partial charge is 0.411 e. The van der Waals surface area contributed by atoms with Gasteiger partial charge in [0.15, 0.2) is 0 Å². The van der Waals surface area contributed by atoms with Gasteiger partial charge < -0.3 is 15.6 Å². The summed E-state index contributed by atoms with van der Waals surface area (Å²) in [6.45, 7) is 6.90. The van der Waals surface area contributed by atoms with E-state index in [1.54, 1.807) is 20.8 Å². The Hall–Kier alpha value is -1.30. The van der Waals surface area contributed by atoms with E-state index in [9.17, 15) is 14.7 Å². The lowest BCUT2D eigenvalue weighted by atomic mass is 9.98. The largest absolute Gasteiger partial charge is 0.480 e. The van der Waals surface area contributed by atoms with Crippen LogP contribution in [0.4, 0.5) is 4.79 Å². The first-order valence-electron chi connectivity index (χ1n) is 5.56. The molecular weight excluding hydrogens is 224 g/mol. The van der Waals surface area contributed by atoms with Gasteiger partial charge in [-0.1, -0.05) is 0 Å². The Labute approximate surface area is 101 Å². The number of aliphatic carboxylic acids is 1. The Morgan fingerprint density at radius 2 is 2.00 bits per heavy atom. The van der Waals surface area contributed by atoms with Crippen molar-refractivity contribution in [3.8, 4) is 0 Å². The van der Waals surface area contributed by atoms with Crippen molar-refractivity contribution >= 4 is 12.1 Å².